The molecule has 2 nitrogen and oxygen atoms in total. The second-order valence-corrected chi connectivity index (χ2v) is 6.41. The van der Waals surface area contributed by atoms with Gasteiger partial charge in [-0.1, -0.05) is 51.1 Å². The van der Waals surface area contributed by atoms with Crippen molar-refractivity contribution < 1.29 is 0 Å². The van der Waals surface area contributed by atoms with Crippen LogP contribution in [0, 0.1) is 5.92 Å². The highest BCUT2D eigenvalue weighted by molar-refractivity contribution is 5.16. The lowest BCUT2D eigenvalue weighted by Crippen LogP contribution is -2.45. The molecule has 1 aliphatic rings. The minimum absolute atomic E-state index is 0.590. The number of nitrogens with zero attached hydrogens (tertiary/aromatic N) is 1. The van der Waals surface area contributed by atoms with Crippen LogP contribution in [0.25, 0.3) is 0 Å². The van der Waals surface area contributed by atoms with E-state index in [2.05, 4.69) is 61.3 Å². The molecule has 1 aromatic carbocycles. The average Bonchev–Trinajstić information content (AvgIpc) is 2.66. The van der Waals surface area contributed by atoms with E-state index in [4.69, 9.17) is 0 Å². The predicted molar refractivity (Wildman–Crippen MR) is 87.0 cm³/mol. The molecule has 0 aliphatic carbocycles. The zero-order valence-corrected chi connectivity index (χ0v) is 13.3. The van der Waals surface area contributed by atoms with Gasteiger partial charge in [-0.15, -0.1) is 0 Å². The largest absolute Gasteiger partial charge is 0.312 e. The predicted octanol–water partition coefficient (Wildman–Crippen LogP) is 3.33. The summed E-state index contributed by atoms with van der Waals surface area (Å²) in [7, 11) is 0. The van der Waals surface area contributed by atoms with E-state index in [-0.39, 0.29) is 0 Å². The first kappa shape index (κ1) is 15.5. The first-order valence-electron chi connectivity index (χ1n) is 8.22. The van der Waals surface area contributed by atoms with E-state index in [0.29, 0.717) is 6.04 Å². The Hall–Kier alpha value is -0.860. The van der Waals surface area contributed by atoms with Crippen LogP contribution in [0.4, 0.5) is 0 Å². The van der Waals surface area contributed by atoms with Gasteiger partial charge < -0.3 is 5.32 Å². The zero-order valence-electron chi connectivity index (χ0n) is 13.3. The van der Waals surface area contributed by atoms with Gasteiger partial charge in [0.25, 0.3) is 0 Å². The maximum Gasteiger partial charge on any atom is 0.0235 e. The van der Waals surface area contributed by atoms with E-state index < -0.39 is 0 Å². The molecule has 1 N–H and O–H groups in total. The third-order valence-electron chi connectivity index (χ3n) is 4.49. The summed E-state index contributed by atoms with van der Waals surface area (Å²) in [5.74, 6) is 0.746. The molecule has 1 heterocycles. The summed E-state index contributed by atoms with van der Waals surface area (Å²) in [5, 5.41) is 3.74. The van der Waals surface area contributed by atoms with Crippen LogP contribution in [-0.2, 0) is 6.42 Å². The Kier molecular flexibility index (Phi) is 6.06. The van der Waals surface area contributed by atoms with Crippen molar-refractivity contribution in [1.29, 1.82) is 0 Å². The quantitative estimate of drug-likeness (QED) is 0.886. The van der Waals surface area contributed by atoms with Crippen LogP contribution in [0.3, 0.4) is 0 Å². The number of hydrogen-bond acceptors (Lipinski definition) is 2. The number of rotatable bonds is 5. The van der Waals surface area contributed by atoms with Crippen LogP contribution >= 0.6 is 0 Å². The minimum atomic E-state index is 0.590. The maximum absolute atomic E-state index is 3.74. The molecule has 0 amide bonds. The van der Waals surface area contributed by atoms with Gasteiger partial charge in [0, 0.05) is 18.6 Å². The molecular formula is C18H30N2. The molecule has 20 heavy (non-hydrogen) atoms. The van der Waals surface area contributed by atoms with Gasteiger partial charge >= 0.3 is 0 Å². The Balaban J connectivity index is 1.99. The highest BCUT2D eigenvalue weighted by atomic mass is 15.2. The van der Waals surface area contributed by atoms with Gasteiger partial charge in [-0.3, -0.25) is 4.90 Å². The van der Waals surface area contributed by atoms with Gasteiger partial charge in [0.15, 0.2) is 0 Å². The maximum atomic E-state index is 3.74. The van der Waals surface area contributed by atoms with Crippen molar-refractivity contribution in [3.8, 4) is 0 Å². The molecule has 1 fully saturated rings. The third kappa shape index (κ3) is 4.32. The fraction of sp³-hybridized carbons (Fsp3) is 0.667. The standard InChI is InChI=1S/C18H30N2/c1-4-18(15(2)3)20-12-8-11-19-17(14-20)13-16-9-6-5-7-10-16/h5-7,9-10,15,17-19H,4,8,11-14H2,1-3H3. The summed E-state index contributed by atoms with van der Waals surface area (Å²) in [6, 6.07) is 12.2. The lowest BCUT2D eigenvalue weighted by molar-refractivity contribution is 0.147. The van der Waals surface area contributed by atoms with Gasteiger partial charge in [-0.25, -0.2) is 0 Å². The zero-order chi connectivity index (χ0) is 14.4. The van der Waals surface area contributed by atoms with E-state index >= 15 is 0 Å². The molecular weight excluding hydrogens is 244 g/mol. The van der Waals surface area contributed by atoms with Crippen LogP contribution < -0.4 is 5.32 Å². The Morgan fingerprint density at radius 1 is 1.25 bits per heavy atom. The molecule has 0 spiro atoms. The SMILES string of the molecule is CCC(C(C)C)N1CCCNC(Cc2ccccc2)C1. The van der Waals surface area contributed by atoms with Crippen LogP contribution in [0.1, 0.15) is 39.2 Å². The van der Waals surface area contributed by atoms with Gasteiger partial charge in [0.1, 0.15) is 0 Å². The van der Waals surface area contributed by atoms with Crippen molar-refractivity contribution in [3.05, 3.63) is 35.9 Å². The number of benzene rings is 1. The summed E-state index contributed by atoms with van der Waals surface area (Å²) in [4.78, 5) is 2.72. The van der Waals surface area contributed by atoms with Crippen molar-refractivity contribution in [2.24, 2.45) is 5.92 Å². The lowest BCUT2D eigenvalue weighted by atomic mass is 9.98. The second kappa shape index (κ2) is 7.80. The monoisotopic (exact) mass is 274 g/mol. The fourth-order valence-corrected chi connectivity index (χ4v) is 3.52. The number of hydrogen-bond donors (Lipinski definition) is 1. The van der Waals surface area contributed by atoms with Gasteiger partial charge in [-0.05, 0) is 43.8 Å². The van der Waals surface area contributed by atoms with Crippen molar-refractivity contribution in [2.45, 2.75) is 52.1 Å². The molecule has 112 valence electrons. The summed E-state index contributed by atoms with van der Waals surface area (Å²) < 4.78 is 0. The van der Waals surface area contributed by atoms with E-state index in [9.17, 15) is 0 Å². The minimum Gasteiger partial charge on any atom is -0.312 e. The van der Waals surface area contributed by atoms with Gasteiger partial charge in [-0.2, -0.15) is 0 Å². The van der Waals surface area contributed by atoms with Crippen LogP contribution in [0.5, 0.6) is 0 Å². The highest BCUT2D eigenvalue weighted by Crippen LogP contribution is 2.18. The highest BCUT2D eigenvalue weighted by Gasteiger charge is 2.25. The van der Waals surface area contributed by atoms with Gasteiger partial charge in [0.05, 0.1) is 0 Å². The molecule has 2 rings (SSSR count). The summed E-state index contributed by atoms with van der Waals surface area (Å²) in [5.41, 5.74) is 1.45. The first-order chi connectivity index (χ1) is 9.70. The average molecular weight is 274 g/mol. The molecule has 0 bridgehead atoms. The molecule has 2 heteroatoms. The third-order valence-corrected chi connectivity index (χ3v) is 4.49. The molecule has 1 aromatic rings. The second-order valence-electron chi connectivity index (χ2n) is 6.41. The molecule has 0 aromatic heterocycles. The molecule has 1 saturated heterocycles. The Morgan fingerprint density at radius 3 is 2.65 bits per heavy atom. The van der Waals surface area contributed by atoms with E-state index in [1.807, 2.05) is 0 Å². The van der Waals surface area contributed by atoms with E-state index in [0.717, 1.165) is 24.9 Å². The van der Waals surface area contributed by atoms with Crippen molar-refractivity contribution in [1.82, 2.24) is 10.2 Å². The Bertz CT molecular complexity index is 374. The smallest absolute Gasteiger partial charge is 0.0235 e. The summed E-state index contributed by atoms with van der Waals surface area (Å²) in [6.45, 7) is 10.6. The first-order valence-corrected chi connectivity index (χ1v) is 8.22. The van der Waals surface area contributed by atoms with Crippen molar-refractivity contribution in [2.75, 3.05) is 19.6 Å². The normalized spacial score (nSPS) is 22.7. The van der Waals surface area contributed by atoms with E-state index in [1.54, 1.807) is 0 Å². The molecule has 2 atom stereocenters. The summed E-state index contributed by atoms with van der Waals surface area (Å²) >= 11 is 0. The Morgan fingerprint density at radius 2 is 2.00 bits per heavy atom. The van der Waals surface area contributed by atoms with Crippen molar-refractivity contribution >= 4 is 0 Å². The fourth-order valence-electron chi connectivity index (χ4n) is 3.52. The van der Waals surface area contributed by atoms with Gasteiger partial charge in [0.2, 0.25) is 0 Å². The molecule has 0 saturated carbocycles. The molecule has 1 aliphatic heterocycles. The van der Waals surface area contributed by atoms with Crippen LogP contribution in [0.2, 0.25) is 0 Å². The van der Waals surface area contributed by atoms with Crippen LogP contribution in [-0.4, -0.2) is 36.6 Å². The van der Waals surface area contributed by atoms with Crippen molar-refractivity contribution in [3.63, 3.8) is 0 Å². The molecule has 0 radical (unpaired) electrons. The topological polar surface area (TPSA) is 15.3 Å². The number of nitrogens with one attached hydrogen (secondary N) is 1. The Labute approximate surface area is 124 Å². The van der Waals surface area contributed by atoms with Crippen LogP contribution in [0.15, 0.2) is 30.3 Å². The molecule has 2 unspecified atom stereocenters. The lowest BCUT2D eigenvalue weighted by Gasteiger charge is -2.34. The summed E-state index contributed by atoms with van der Waals surface area (Å²) in [6.07, 6.45) is 3.68. The van der Waals surface area contributed by atoms with E-state index in [1.165, 1.54) is 31.5 Å².